The molecule has 1 unspecified atom stereocenters. The van der Waals surface area contributed by atoms with Crippen molar-refractivity contribution >= 4 is 17.8 Å². The maximum Gasteiger partial charge on any atom is 0.303 e. The van der Waals surface area contributed by atoms with Crippen LogP contribution in [0.4, 0.5) is 0 Å². The minimum absolute atomic E-state index is 0.00855. The first kappa shape index (κ1) is 37.9. The monoisotopic (exact) mass is 648 g/mol. The van der Waals surface area contributed by atoms with E-state index < -0.39 is 30.1 Å². The summed E-state index contributed by atoms with van der Waals surface area (Å²) in [6.07, 6.45) is 10.3. The Balaban J connectivity index is 1.60. The number of nitrogens with one attached hydrogen (secondary N) is 2. The van der Waals surface area contributed by atoms with Crippen LogP contribution in [0, 0.1) is 5.92 Å². The van der Waals surface area contributed by atoms with Gasteiger partial charge in [0.1, 0.15) is 23.9 Å². The Bertz CT molecular complexity index is 1100. The van der Waals surface area contributed by atoms with Crippen LogP contribution in [0.15, 0.2) is 36.0 Å². The number of ether oxygens (including phenoxy) is 6. The number of epoxide rings is 1. The summed E-state index contributed by atoms with van der Waals surface area (Å²) >= 11 is 0. The van der Waals surface area contributed by atoms with Crippen molar-refractivity contribution in [3.8, 4) is 0 Å². The Morgan fingerprint density at radius 1 is 1.09 bits per heavy atom. The molecule has 11 nitrogen and oxygen atoms in total. The molecule has 0 saturated carbocycles. The first-order chi connectivity index (χ1) is 21.8. The zero-order valence-electron chi connectivity index (χ0n) is 28.9. The molecule has 2 amide bonds. The van der Waals surface area contributed by atoms with Crippen molar-refractivity contribution in [3.63, 3.8) is 0 Å². The number of rotatable bonds is 16. The summed E-state index contributed by atoms with van der Waals surface area (Å²) in [5.41, 5.74) is 0.565. The van der Waals surface area contributed by atoms with E-state index in [4.69, 9.17) is 28.4 Å². The number of hydrogen-bond donors (Lipinski definition) is 2. The number of amides is 2. The highest BCUT2D eigenvalue weighted by molar-refractivity contribution is 5.87. The van der Waals surface area contributed by atoms with Crippen LogP contribution in [0.2, 0.25) is 0 Å². The zero-order chi connectivity index (χ0) is 33.9. The molecule has 3 aliphatic rings. The highest BCUT2D eigenvalue weighted by atomic mass is 16.7. The van der Waals surface area contributed by atoms with Gasteiger partial charge < -0.3 is 39.1 Å². The topological polar surface area (TPSA) is 134 Å². The lowest BCUT2D eigenvalue weighted by Crippen LogP contribution is -2.53. The van der Waals surface area contributed by atoms with E-state index in [0.29, 0.717) is 26.2 Å². The van der Waals surface area contributed by atoms with E-state index in [1.165, 1.54) is 13.0 Å². The average Bonchev–Trinajstić information content (AvgIpc) is 3.75. The van der Waals surface area contributed by atoms with Gasteiger partial charge in [0.05, 0.1) is 37.4 Å². The SMILES string of the molecule is CCCNC(=O)C[C@@H]1C[C@@]2(CO2)[C@H](OC(C)OCC)[C@@H](/C=C/C(C)=C/C[C@@H]2O[C@H](C)[C@H](NC(=O)/C=C\[C@H](C)OC(C)=O)C[C@@H]2C)O1. The van der Waals surface area contributed by atoms with Crippen LogP contribution in [-0.2, 0) is 42.8 Å². The van der Waals surface area contributed by atoms with Crippen molar-refractivity contribution in [2.24, 2.45) is 5.92 Å². The van der Waals surface area contributed by atoms with E-state index in [1.54, 1.807) is 13.0 Å². The summed E-state index contributed by atoms with van der Waals surface area (Å²) in [6, 6.07) is -0.120. The summed E-state index contributed by atoms with van der Waals surface area (Å²) in [6.45, 7) is 16.8. The minimum Gasteiger partial charge on any atom is -0.459 e. The summed E-state index contributed by atoms with van der Waals surface area (Å²) in [5.74, 6) is -0.426. The largest absolute Gasteiger partial charge is 0.459 e. The number of esters is 1. The van der Waals surface area contributed by atoms with Gasteiger partial charge in [-0.05, 0) is 65.9 Å². The van der Waals surface area contributed by atoms with Gasteiger partial charge in [-0.3, -0.25) is 14.4 Å². The maximum absolute atomic E-state index is 12.5. The van der Waals surface area contributed by atoms with Crippen molar-refractivity contribution in [1.82, 2.24) is 10.6 Å². The lowest BCUT2D eigenvalue weighted by atomic mass is 9.87. The van der Waals surface area contributed by atoms with E-state index >= 15 is 0 Å². The molecule has 3 fully saturated rings. The molecule has 260 valence electrons. The van der Waals surface area contributed by atoms with E-state index in [9.17, 15) is 14.4 Å². The molecule has 0 bridgehead atoms. The van der Waals surface area contributed by atoms with Crippen LogP contribution in [0.3, 0.4) is 0 Å². The second-order valence-corrected chi connectivity index (χ2v) is 12.8. The third kappa shape index (κ3) is 11.9. The standard InChI is InChI=1S/C35H56N2O9/c1-9-17-36-33(40)19-28-20-35(21-42-35)34(45-27(8)41-10-2)31(46-28)15-12-22(3)11-14-30-23(4)18-29(25(6)44-30)37-32(39)16-13-24(5)43-26(7)38/h11-13,15-16,23-25,27-31,34H,9-10,14,17-21H2,1-8H3,(H,36,40)(H,37,39)/b15-12+,16-13-,22-11+/t23-,24-,25+,27?,28+,29+,30-,31+,34+,35+/m0/s1. The molecule has 0 aromatic carbocycles. The fraction of sp³-hybridized carbons (Fsp3) is 0.743. The maximum atomic E-state index is 12.5. The molecule has 11 heteroatoms. The fourth-order valence-electron chi connectivity index (χ4n) is 6.09. The Morgan fingerprint density at radius 2 is 1.83 bits per heavy atom. The number of carbonyl (C=O) groups excluding carboxylic acids is 3. The van der Waals surface area contributed by atoms with Crippen molar-refractivity contribution in [2.75, 3.05) is 19.8 Å². The van der Waals surface area contributed by atoms with Crippen LogP contribution in [0.25, 0.3) is 0 Å². The molecule has 0 aromatic heterocycles. The smallest absolute Gasteiger partial charge is 0.303 e. The van der Waals surface area contributed by atoms with Gasteiger partial charge in [-0.15, -0.1) is 0 Å². The van der Waals surface area contributed by atoms with E-state index in [1.807, 2.05) is 46.8 Å². The van der Waals surface area contributed by atoms with Gasteiger partial charge in [-0.2, -0.15) is 0 Å². The minimum atomic E-state index is -0.490. The van der Waals surface area contributed by atoms with Crippen molar-refractivity contribution < 1.29 is 42.8 Å². The van der Waals surface area contributed by atoms with E-state index in [-0.39, 0.29) is 54.6 Å². The Labute approximate surface area is 274 Å². The summed E-state index contributed by atoms with van der Waals surface area (Å²) < 4.78 is 35.8. The third-order valence-corrected chi connectivity index (χ3v) is 8.62. The normalized spacial score (nSPS) is 32.8. The molecule has 2 N–H and O–H groups in total. The average molecular weight is 649 g/mol. The number of hydrogen-bond acceptors (Lipinski definition) is 9. The van der Waals surface area contributed by atoms with Gasteiger partial charge >= 0.3 is 5.97 Å². The first-order valence-corrected chi connectivity index (χ1v) is 16.8. The van der Waals surface area contributed by atoms with Gasteiger partial charge in [0.15, 0.2) is 6.29 Å². The molecule has 10 atom stereocenters. The molecule has 1 spiro atoms. The van der Waals surface area contributed by atoms with Crippen LogP contribution in [-0.4, -0.2) is 92.1 Å². The van der Waals surface area contributed by atoms with Crippen LogP contribution < -0.4 is 10.6 Å². The molecule has 0 aromatic rings. The molecule has 0 aliphatic carbocycles. The zero-order valence-corrected chi connectivity index (χ0v) is 28.9. The van der Waals surface area contributed by atoms with Gasteiger partial charge in [0.25, 0.3) is 0 Å². The van der Waals surface area contributed by atoms with E-state index in [2.05, 4.69) is 23.6 Å². The number of allylic oxidation sites excluding steroid dienone is 2. The first-order valence-electron chi connectivity index (χ1n) is 16.8. The number of carbonyl (C=O) groups is 3. The second kappa shape index (κ2) is 18.1. The molecular formula is C35H56N2O9. The molecular weight excluding hydrogens is 592 g/mol. The van der Waals surface area contributed by atoms with Gasteiger partial charge in [-0.1, -0.05) is 37.6 Å². The molecule has 46 heavy (non-hydrogen) atoms. The summed E-state index contributed by atoms with van der Waals surface area (Å²) in [5, 5.41) is 5.97. The fourth-order valence-corrected chi connectivity index (χ4v) is 6.09. The lowest BCUT2D eigenvalue weighted by Gasteiger charge is -2.40. The second-order valence-electron chi connectivity index (χ2n) is 12.8. The highest BCUT2D eigenvalue weighted by Gasteiger charge is 2.60. The lowest BCUT2D eigenvalue weighted by molar-refractivity contribution is -0.226. The van der Waals surface area contributed by atoms with Crippen molar-refractivity contribution in [3.05, 3.63) is 36.0 Å². The van der Waals surface area contributed by atoms with Gasteiger partial charge in [0, 0.05) is 32.6 Å². The third-order valence-electron chi connectivity index (χ3n) is 8.62. The van der Waals surface area contributed by atoms with Crippen molar-refractivity contribution in [1.29, 1.82) is 0 Å². The Hall–Kier alpha value is -2.57. The molecule has 3 heterocycles. The van der Waals surface area contributed by atoms with Crippen LogP contribution in [0.1, 0.15) is 87.5 Å². The quantitative estimate of drug-likeness (QED) is 0.0827. The Morgan fingerprint density at radius 3 is 2.48 bits per heavy atom. The van der Waals surface area contributed by atoms with Gasteiger partial charge in [0.2, 0.25) is 11.8 Å². The predicted molar refractivity (Wildman–Crippen MR) is 174 cm³/mol. The molecule has 3 saturated heterocycles. The molecule has 3 aliphatic heterocycles. The van der Waals surface area contributed by atoms with Gasteiger partial charge in [-0.25, -0.2) is 0 Å². The van der Waals surface area contributed by atoms with Crippen LogP contribution >= 0.6 is 0 Å². The van der Waals surface area contributed by atoms with Crippen LogP contribution in [0.5, 0.6) is 0 Å². The summed E-state index contributed by atoms with van der Waals surface area (Å²) in [7, 11) is 0. The Kier molecular flexibility index (Phi) is 14.9. The molecule has 0 radical (unpaired) electrons. The summed E-state index contributed by atoms with van der Waals surface area (Å²) in [4.78, 5) is 36.0. The van der Waals surface area contributed by atoms with E-state index in [0.717, 1.165) is 24.8 Å². The molecule has 3 rings (SSSR count). The van der Waals surface area contributed by atoms with Crippen molar-refractivity contribution in [2.45, 2.75) is 142 Å². The predicted octanol–water partition coefficient (Wildman–Crippen LogP) is 4.30. The highest BCUT2D eigenvalue weighted by Crippen LogP contribution is 2.45.